The molecule has 0 saturated heterocycles. The van der Waals surface area contributed by atoms with E-state index < -0.39 is 0 Å². The molecular formula is C15H12N2O4. The second-order valence-corrected chi connectivity index (χ2v) is 4.34. The Kier molecular flexibility index (Phi) is 3.42. The zero-order valence-electron chi connectivity index (χ0n) is 10.9. The lowest BCUT2D eigenvalue weighted by Gasteiger charge is -2.11. The molecule has 21 heavy (non-hydrogen) atoms. The van der Waals surface area contributed by atoms with Crippen molar-refractivity contribution in [3.63, 3.8) is 0 Å². The first-order chi connectivity index (χ1) is 10.3. The van der Waals surface area contributed by atoms with Gasteiger partial charge in [0.15, 0.2) is 11.5 Å². The Bertz CT molecular complexity index is 726. The third-order valence-corrected chi connectivity index (χ3v) is 3.21. The van der Waals surface area contributed by atoms with E-state index in [4.69, 9.17) is 19.9 Å². The topological polar surface area (TPSA) is 83.6 Å². The van der Waals surface area contributed by atoms with Crippen molar-refractivity contribution >= 4 is 12.4 Å². The number of fused-ring (bicyclic) bond motifs is 1. The fourth-order valence-corrected chi connectivity index (χ4v) is 2.33. The molecule has 0 atom stereocenters. The van der Waals surface area contributed by atoms with Crippen molar-refractivity contribution in [2.45, 2.75) is 0 Å². The number of nitrogens with zero attached hydrogens (tertiary/aromatic N) is 2. The van der Waals surface area contributed by atoms with Crippen LogP contribution < -0.4 is 9.47 Å². The summed E-state index contributed by atoms with van der Waals surface area (Å²) in [6, 6.07) is 11.0. The lowest BCUT2D eigenvalue weighted by atomic mass is 9.95. The molecule has 2 aromatic rings. The highest BCUT2D eigenvalue weighted by atomic mass is 16.7. The van der Waals surface area contributed by atoms with Gasteiger partial charge in [0.25, 0.3) is 0 Å². The Labute approximate surface area is 120 Å². The molecule has 6 nitrogen and oxygen atoms in total. The number of benzene rings is 2. The summed E-state index contributed by atoms with van der Waals surface area (Å²) >= 11 is 0. The predicted molar refractivity (Wildman–Crippen MR) is 76.8 cm³/mol. The first kappa shape index (κ1) is 13.0. The van der Waals surface area contributed by atoms with Crippen LogP contribution in [0.5, 0.6) is 11.5 Å². The molecule has 2 aromatic carbocycles. The molecule has 0 aromatic heterocycles. The quantitative estimate of drug-likeness (QED) is 0.515. The largest absolute Gasteiger partial charge is 0.454 e. The van der Waals surface area contributed by atoms with Crippen molar-refractivity contribution in [3.8, 4) is 22.6 Å². The number of hydrogen-bond acceptors (Lipinski definition) is 6. The summed E-state index contributed by atoms with van der Waals surface area (Å²) in [5.41, 5.74) is 2.94. The highest BCUT2D eigenvalue weighted by molar-refractivity contribution is 5.99. The van der Waals surface area contributed by atoms with E-state index in [0.29, 0.717) is 17.1 Å². The van der Waals surface area contributed by atoms with E-state index in [9.17, 15) is 0 Å². The SMILES string of the molecule is O/N=C/c1ccccc1-c1ccc2c(c1/C=N/O)OCO2. The monoisotopic (exact) mass is 284 g/mol. The van der Waals surface area contributed by atoms with Gasteiger partial charge in [-0.25, -0.2) is 0 Å². The number of rotatable bonds is 3. The first-order valence-corrected chi connectivity index (χ1v) is 6.22. The van der Waals surface area contributed by atoms with Gasteiger partial charge in [0, 0.05) is 5.56 Å². The fraction of sp³-hybridized carbons (Fsp3) is 0.0667. The second-order valence-electron chi connectivity index (χ2n) is 4.34. The minimum Gasteiger partial charge on any atom is -0.454 e. The molecule has 6 heteroatoms. The zero-order chi connectivity index (χ0) is 14.7. The third-order valence-electron chi connectivity index (χ3n) is 3.21. The zero-order valence-corrected chi connectivity index (χ0v) is 10.9. The molecule has 0 radical (unpaired) electrons. The van der Waals surface area contributed by atoms with Crippen LogP contribution in [0.1, 0.15) is 11.1 Å². The van der Waals surface area contributed by atoms with E-state index in [0.717, 1.165) is 16.7 Å². The highest BCUT2D eigenvalue weighted by Gasteiger charge is 2.21. The van der Waals surface area contributed by atoms with Crippen LogP contribution in [0.2, 0.25) is 0 Å². The van der Waals surface area contributed by atoms with Gasteiger partial charge < -0.3 is 19.9 Å². The van der Waals surface area contributed by atoms with Gasteiger partial charge in [-0.2, -0.15) is 0 Å². The van der Waals surface area contributed by atoms with Crippen LogP contribution in [-0.2, 0) is 0 Å². The maximum Gasteiger partial charge on any atom is 0.231 e. The van der Waals surface area contributed by atoms with Gasteiger partial charge in [0.05, 0.1) is 18.0 Å². The molecule has 106 valence electrons. The Morgan fingerprint density at radius 3 is 2.52 bits per heavy atom. The minimum atomic E-state index is 0.130. The molecule has 0 fully saturated rings. The van der Waals surface area contributed by atoms with E-state index >= 15 is 0 Å². The summed E-state index contributed by atoms with van der Waals surface area (Å²) in [5, 5.41) is 23.9. The standard InChI is InChI=1S/C15H12N2O4/c18-16-7-10-3-1-2-4-11(10)12-5-6-14-15(21-9-20-14)13(12)8-17-19/h1-8,18-19H,9H2/b16-7+,17-8+. The molecule has 0 bridgehead atoms. The Balaban J connectivity index is 2.24. The van der Waals surface area contributed by atoms with Gasteiger partial charge in [-0.15, -0.1) is 0 Å². The third kappa shape index (κ3) is 2.27. The van der Waals surface area contributed by atoms with Crippen molar-refractivity contribution in [3.05, 3.63) is 47.5 Å². The van der Waals surface area contributed by atoms with Gasteiger partial charge in [0.1, 0.15) is 0 Å². The Morgan fingerprint density at radius 1 is 0.905 bits per heavy atom. The molecule has 1 heterocycles. The number of oxime groups is 2. The molecule has 0 saturated carbocycles. The lowest BCUT2D eigenvalue weighted by Crippen LogP contribution is -1.96. The Morgan fingerprint density at radius 2 is 1.71 bits per heavy atom. The van der Waals surface area contributed by atoms with Crippen molar-refractivity contribution in [2.24, 2.45) is 10.3 Å². The highest BCUT2D eigenvalue weighted by Crippen LogP contribution is 2.40. The lowest BCUT2D eigenvalue weighted by molar-refractivity contribution is 0.174. The van der Waals surface area contributed by atoms with E-state index in [1.165, 1.54) is 12.4 Å². The van der Waals surface area contributed by atoms with Crippen LogP contribution in [0, 0.1) is 0 Å². The van der Waals surface area contributed by atoms with Crippen molar-refractivity contribution in [1.29, 1.82) is 0 Å². The van der Waals surface area contributed by atoms with Crippen LogP contribution in [0.4, 0.5) is 0 Å². The molecule has 1 aliphatic heterocycles. The normalized spacial score (nSPS) is 13.3. The molecule has 0 aliphatic carbocycles. The fourth-order valence-electron chi connectivity index (χ4n) is 2.33. The summed E-state index contributed by atoms with van der Waals surface area (Å²) < 4.78 is 10.8. The van der Waals surface area contributed by atoms with Crippen molar-refractivity contribution < 1.29 is 19.9 Å². The summed E-state index contributed by atoms with van der Waals surface area (Å²) in [4.78, 5) is 0. The van der Waals surface area contributed by atoms with Gasteiger partial charge >= 0.3 is 0 Å². The summed E-state index contributed by atoms with van der Waals surface area (Å²) in [6.45, 7) is 0.130. The second kappa shape index (κ2) is 5.54. The van der Waals surface area contributed by atoms with Gasteiger partial charge in [-0.1, -0.05) is 34.6 Å². The number of hydrogen-bond donors (Lipinski definition) is 2. The van der Waals surface area contributed by atoms with E-state index in [-0.39, 0.29) is 6.79 Å². The van der Waals surface area contributed by atoms with Crippen LogP contribution in [0.15, 0.2) is 46.7 Å². The Hall–Kier alpha value is -3.02. The molecule has 3 rings (SSSR count). The van der Waals surface area contributed by atoms with Crippen LogP contribution in [0.25, 0.3) is 11.1 Å². The summed E-state index contributed by atoms with van der Waals surface area (Å²) in [7, 11) is 0. The molecule has 2 N–H and O–H groups in total. The molecule has 0 spiro atoms. The van der Waals surface area contributed by atoms with E-state index in [1.54, 1.807) is 6.07 Å². The average Bonchev–Trinajstić information content (AvgIpc) is 2.98. The molecule has 0 unspecified atom stereocenters. The van der Waals surface area contributed by atoms with Gasteiger partial charge in [0.2, 0.25) is 6.79 Å². The van der Waals surface area contributed by atoms with Gasteiger partial charge in [-0.05, 0) is 23.3 Å². The predicted octanol–water partition coefficient (Wildman–Crippen LogP) is 2.70. The molecular weight excluding hydrogens is 272 g/mol. The van der Waals surface area contributed by atoms with Crippen LogP contribution in [0.3, 0.4) is 0 Å². The van der Waals surface area contributed by atoms with E-state index in [2.05, 4.69) is 10.3 Å². The van der Waals surface area contributed by atoms with E-state index in [1.807, 2.05) is 30.3 Å². The van der Waals surface area contributed by atoms with Gasteiger partial charge in [-0.3, -0.25) is 0 Å². The van der Waals surface area contributed by atoms with Crippen LogP contribution in [-0.4, -0.2) is 29.6 Å². The number of ether oxygens (including phenoxy) is 2. The van der Waals surface area contributed by atoms with Crippen molar-refractivity contribution in [1.82, 2.24) is 0 Å². The van der Waals surface area contributed by atoms with Crippen LogP contribution >= 0.6 is 0 Å². The maximum atomic E-state index is 8.90. The summed E-state index contributed by atoms with van der Waals surface area (Å²) in [5.74, 6) is 1.13. The maximum absolute atomic E-state index is 8.90. The average molecular weight is 284 g/mol. The molecule has 0 amide bonds. The smallest absolute Gasteiger partial charge is 0.231 e. The minimum absolute atomic E-state index is 0.130. The summed E-state index contributed by atoms with van der Waals surface area (Å²) in [6.07, 6.45) is 2.65. The van der Waals surface area contributed by atoms with Crippen molar-refractivity contribution in [2.75, 3.05) is 6.79 Å². The molecule has 1 aliphatic rings. The first-order valence-electron chi connectivity index (χ1n) is 6.22.